The number of benzene rings is 5. The lowest BCUT2D eigenvalue weighted by molar-refractivity contribution is 0.660. The third kappa shape index (κ3) is 4.17. The number of rotatable bonds is 4. The average Bonchev–Trinajstić information content (AvgIpc) is 3.60. The third-order valence-electron chi connectivity index (χ3n) is 9.65. The summed E-state index contributed by atoms with van der Waals surface area (Å²) in [5.41, 5.74) is 11.3. The minimum Gasteiger partial charge on any atom is -0.456 e. The molecule has 0 N–H and O–H groups in total. The molecule has 7 aromatic rings. The molecular formula is C42H31N3O. The molecule has 2 heterocycles. The Labute approximate surface area is 267 Å². The summed E-state index contributed by atoms with van der Waals surface area (Å²) in [6.07, 6.45) is 9.35. The van der Waals surface area contributed by atoms with Gasteiger partial charge < -0.3 is 4.42 Å². The summed E-state index contributed by atoms with van der Waals surface area (Å²) in [5.74, 6) is 2.20. The van der Waals surface area contributed by atoms with Crippen LogP contribution in [0.15, 0.2) is 138 Å². The minimum absolute atomic E-state index is 0.0578. The largest absolute Gasteiger partial charge is 0.456 e. The summed E-state index contributed by atoms with van der Waals surface area (Å²) in [5, 5.41) is 2.07. The van der Waals surface area contributed by atoms with Crippen LogP contribution in [-0.4, -0.2) is 15.0 Å². The van der Waals surface area contributed by atoms with Crippen LogP contribution in [0.25, 0.3) is 67.0 Å². The third-order valence-corrected chi connectivity index (χ3v) is 9.65. The predicted molar refractivity (Wildman–Crippen MR) is 187 cm³/mol. The van der Waals surface area contributed by atoms with Crippen molar-refractivity contribution in [3.05, 3.63) is 150 Å². The molecule has 1 unspecified atom stereocenters. The molecule has 0 saturated heterocycles. The Morgan fingerprint density at radius 1 is 0.609 bits per heavy atom. The van der Waals surface area contributed by atoms with Gasteiger partial charge in [0, 0.05) is 33.2 Å². The fourth-order valence-corrected chi connectivity index (χ4v) is 7.24. The topological polar surface area (TPSA) is 51.8 Å². The monoisotopic (exact) mass is 593 g/mol. The highest BCUT2D eigenvalue weighted by molar-refractivity contribution is 6.12. The molecule has 0 bridgehead atoms. The number of hydrogen-bond acceptors (Lipinski definition) is 4. The molecule has 2 aliphatic rings. The molecule has 46 heavy (non-hydrogen) atoms. The van der Waals surface area contributed by atoms with Crippen molar-refractivity contribution in [3.8, 4) is 45.0 Å². The molecule has 5 aromatic carbocycles. The Kier molecular flexibility index (Phi) is 5.94. The highest BCUT2D eigenvalue weighted by Gasteiger charge is 2.35. The van der Waals surface area contributed by atoms with Gasteiger partial charge in [-0.25, -0.2) is 15.0 Å². The maximum atomic E-state index is 6.42. The second kappa shape index (κ2) is 10.2. The molecule has 0 saturated carbocycles. The van der Waals surface area contributed by atoms with Crippen LogP contribution in [-0.2, 0) is 5.41 Å². The molecule has 4 nitrogen and oxygen atoms in total. The second-order valence-electron chi connectivity index (χ2n) is 12.8. The van der Waals surface area contributed by atoms with Crippen LogP contribution >= 0.6 is 0 Å². The van der Waals surface area contributed by atoms with E-state index in [1.807, 2.05) is 30.3 Å². The maximum absolute atomic E-state index is 6.42. The normalized spacial score (nSPS) is 16.2. The highest BCUT2D eigenvalue weighted by atomic mass is 16.3. The van der Waals surface area contributed by atoms with Crippen molar-refractivity contribution in [1.29, 1.82) is 0 Å². The van der Waals surface area contributed by atoms with Crippen molar-refractivity contribution in [2.45, 2.75) is 31.6 Å². The molecule has 2 aliphatic carbocycles. The summed E-state index contributed by atoms with van der Waals surface area (Å²) in [6.45, 7) is 4.65. The SMILES string of the molecule is CC1(C)c2ccccc2-c2ccc(-c3ccc4oc5cccc(-c6nc(-c7ccccc7)nc(C7C=CC=CC7)n6)c5c4c3)cc21. The maximum Gasteiger partial charge on any atom is 0.164 e. The highest BCUT2D eigenvalue weighted by Crippen LogP contribution is 2.49. The van der Waals surface area contributed by atoms with E-state index in [1.54, 1.807) is 0 Å². The summed E-state index contributed by atoms with van der Waals surface area (Å²) in [6, 6.07) is 38.5. The zero-order chi connectivity index (χ0) is 30.8. The number of aromatic nitrogens is 3. The predicted octanol–water partition coefficient (Wildman–Crippen LogP) is 10.7. The van der Waals surface area contributed by atoms with E-state index < -0.39 is 0 Å². The van der Waals surface area contributed by atoms with Crippen molar-refractivity contribution in [1.82, 2.24) is 15.0 Å². The van der Waals surface area contributed by atoms with Gasteiger partial charge in [-0.05, 0) is 64.1 Å². The van der Waals surface area contributed by atoms with Crippen LogP contribution in [0.1, 0.15) is 43.1 Å². The summed E-state index contributed by atoms with van der Waals surface area (Å²) in [7, 11) is 0. The number of nitrogens with zero attached hydrogens (tertiary/aromatic N) is 3. The fourth-order valence-electron chi connectivity index (χ4n) is 7.24. The van der Waals surface area contributed by atoms with Gasteiger partial charge in [0.1, 0.15) is 17.0 Å². The van der Waals surface area contributed by atoms with Crippen LogP contribution in [0.3, 0.4) is 0 Å². The molecule has 1 atom stereocenters. The number of fused-ring (bicyclic) bond motifs is 6. The smallest absolute Gasteiger partial charge is 0.164 e. The molecule has 0 amide bonds. The Hall–Kier alpha value is -5.61. The lowest BCUT2D eigenvalue weighted by Gasteiger charge is -2.22. The van der Waals surface area contributed by atoms with Crippen molar-refractivity contribution < 1.29 is 4.42 Å². The zero-order valence-electron chi connectivity index (χ0n) is 25.7. The van der Waals surface area contributed by atoms with Crippen molar-refractivity contribution in [3.63, 3.8) is 0 Å². The van der Waals surface area contributed by atoms with Gasteiger partial charge in [-0.3, -0.25) is 0 Å². The van der Waals surface area contributed by atoms with E-state index in [2.05, 4.69) is 117 Å². The van der Waals surface area contributed by atoms with E-state index in [0.29, 0.717) is 11.6 Å². The standard InChI is InChI=1S/C42H31N3O/c1-42(2)34-18-10-9-16-30(34)31-22-20-29(25-35(31)42)28-21-23-36-33(24-28)38-32(17-11-19-37(38)46-36)41-44-39(26-12-5-3-6-13-26)43-40(45-41)27-14-7-4-8-15-27/h3-14,16-25,27H,15H2,1-2H3. The van der Waals surface area contributed by atoms with E-state index in [0.717, 1.165) is 50.9 Å². The Morgan fingerprint density at radius 3 is 2.24 bits per heavy atom. The Bertz CT molecular complexity index is 2380. The second-order valence-corrected chi connectivity index (χ2v) is 12.8. The molecular weight excluding hydrogens is 562 g/mol. The molecule has 0 radical (unpaired) electrons. The average molecular weight is 594 g/mol. The van der Waals surface area contributed by atoms with Crippen LogP contribution in [0.2, 0.25) is 0 Å². The van der Waals surface area contributed by atoms with E-state index in [9.17, 15) is 0 Å². The summed E-state index contributed by atoms with van der Waals surface area (Å²) >= 11 is 0. The van der Waals surface area contributed by atoms with Crippen LogP contribution in [0, 0.1) is 0 Å². The van der Waals surface area contributed by atoms with Gasteiger partial charge in [0.25, 0.3) is 0 Å². The lowest BCUT2D eigenvalue weighted by atomic mass is 9.81. The molecule has 0 aliphatic heterocycles. The van der Waals surface area contributed by atoms with Gasteiger partial charge in [-0.15, -0.1) is 0 Å². The van der Waals surface area contributed by atoms with Crippen molar-refractivity contribution >= 4 is 21.9 Å². The molecule has 4 heteroatoms. The van der Waals surface area contributed by atoms with Crippen LogP contribution < -0.4 is 0 Å². The first kappa shape index (κ1) is 26.8. The van der Waals surface area contributed by atoms with Gasteiger partial charge >= 0.3 is 0 Å². The number of hydrogen-bond donors (Lipinski definition) is 0. The summed E-state index contributed by atoms with van der Waals surface area (Å²) < 4.78 is 6.42. The van der Waals surface area contributed by atoms with Gasteiger partial charge in [0.15, 0.2) is 11.6 Å². The van der Waals surface area contributed by atoms with Crippen LogP contribution in [0.5, 0.6) is 0 Å². The van der Waals surface area contributed by atoms with E-state index in [4.69, 9.17) is 19.4 Å². The Morgan fingerprint density at radius 2 is 1.37 bits per heavy atom. The molecule has 9 rings (SSSR count). The number of furan rings is 1. The first-order valence-electron chi connectivity index (χ1n) is 15.9. The van der Waals surface area contributed by atoms with Gasteiger partial charge in [0.2, 0.25) is 0 Å². The van der Waals surface area contributed by atoms with E-state index >= 15 is 0 Å². The molecule has 220 valence electrons. The van der Waals surface area contributed by atoms with E-state index in [1.165, 1.54) is 27.8 Å². The fraction of sp³-hybridized carbons (Fsp3) is 0.119. The molecule has 0 fully saturated rings. The first-order chi connectivity index (χ1) is 22.5. The van der Waals surface area contributed by atoms with Gasteiger partial charge in [-0.1, -0.05) is 123 Å². The van der Waals surface area contributed by atoms with Gasteiger partial charge in [-0.2, -0.15) is 0 Å². The van der Waals surface area contributed by atoms with Gasteiger partial charge in [0.05, 0.1) is 0 Å². The summed E-state index contributed by atoms with van der Waals surface area (Å²) in [4.78, 5) is 15.1. The van der Waals surface area contributed by atoms with Crippen molar-refractivity contribution in [2.75, 3.05) is 0 Å². The molecule has 0 spiro atoms. The number of allylic oxidation sites excluding steroid dienone is 4. The van der Waals surface area contributed by atoms with Crippen molar-refractivity contribution in [2.24, 2.45) is 0 Å². The zero-order valence-corrected chi connectivity index (χ0v) is 25.7. The first-order valence-corrected chi connectivity index (χ1v) is 15.9. The van der Waals surface area contributed by atoms with E-state index in [-0.39, 0.29) is 11.3 Å². The van der Waals surface area contributed by atoms with Crippen LogP contribution in [0.4, 0.5) is 0 Å². The minimum atomic E-state index is -0.0578. The quantitative estimate of drug-likeness (QED) is 0.204. The lowest BCUT2D eigenvalue weighted by Crippen LogP contribution is -2.14. The molecule has 2 aromatic heterocycles. The Balaban J connectivity index is 1.21.